The maximum absolute atomic E-state index is 15.5. The minimum Gasteiger partial charge on any atom is -0.434 e. The zero-order chi connectivity index (χ0) is 30.2. The highest BCUT2D eigenvalue weighted by Gasteiger charge is 2.45. The third-order valence-corrected chi connectivity index (χ3v) is 7.51. The number of aromatic nitrogens is 4. The molecule has 1 fully saturated rings. The van der Waals surface area contributed by atoms with Gasteiger partial charge in [-0.1, -0.05) is 6.07 Å². The summed E-state index contributed by atoms with van der Waals surface area (Å²) in [6, 6.07) is 4.88. The Balaban J connectivity index is 1.38. The smallest absolute Gasteiger partial charge is 0.387 e. The van der Waals surface area contributed by atoms with Crippen molar-refractivity contribution in [1.82, 2.24) is 29.7 Å². The van der Waals surface area contributed by atoms with Gasteiger partial charge in [0.25, 0.3) is 5.91 Å². The van der Waals surface area contributed by atoms with Gasteiger partial charge in [0, 0.05) is 71.3 Å². The number of imidazole rings is 1. The largest absolute Gasteiger partial charge is 0.434 e. The first-order valence-electron chi connectivity index (χ1n) is 14.0. The molecule has 10 nitrogen and oxygen atoms in total. The first kappa shape index (κ1) is 21.2. The van der Waals surface area contributed by atoms with Crippen LogP contribution < -0.4 is 15.0 Å². The fourth-order valence-corrected chi connectivity index (χ4v) is 5.79. The van der Waals surface area contributed by atoms with Crippen molar-refractivity contribution >= 4 is 28.8 Å². The third kappa shape index (κ3) is 3.67. The van der Waals surface area contributed by atoms with E-state index in [1.165, 1.54) is 42.7 Å². The van der Waals surface area contributed by atoms with Crippen molar-refractivity contribution in [2.45, 2.75) is 25.1 Å². The van der Waals surface area contributed by atoms with E-state index in [4.69, 9.17) is 8.85 Å². The number of benzene rings is 2. The lowest BCUT2D eigenvalue weighted by molar-refractivity contribution is -0.120. The lowest BCUT2D eigenvalue weighted by Crippen LogP contribution is -2.48. The zero-order valence-electron chi connectivity index (χ0n) is 23.6. The van der Waals surface area contributed by atoms with Crippen molar-refractivity contribution in [3.05, 3.63) is 65.5 Å². The molecule has 5 heterocycles. The molecular weight excluding hydrogens is 527 g/mol. The number of alkyl halides is 2. The molecule has 0 unspecified atom stereocenters. The number of rotatable bonds is 4. The van der Waals surface area contributed by atoms with E-state index in [2.05, 4.69) is 20.3 Å². The van der Waals surface area contributed by atoms with Gasteiger partial charge in [0.2, 0.25) is 11.9 Å². The van der Waals surface area contributed by atoms with E-state index >= 15 is 4.39 Å². The molecule has 1 N–H and O–H groups in total. The summed E-state index contributed by atoms with van der Waals surface area (Å²) in [6.07, 6.45) is 2.90. The van der Waals surface area contributed by atoms with Crippen LogP contribution in [0.4, 0.5) is 19.1 Å². The molecule has 7 rings (SSSR count). The number of ether oxygens (including phenoxy) is 1. The molecule has 3 aliphatic heterocycles. The molecule has 4 aromatic rings. The Labute approximate surface area is 229 Å². The molecule has 2 aromatic heterocycles. The van der Waals surface area contributed by atoms with Gasteiger partial charge in [0.15, 0.2) is 0 Å². The second-order valence-electron chi connectivity index (χ2n) is 9.74. The number of anilines is 1. The molecule has 2 aromatic carbocycles. The number of nitrogens with zero attached hydrogens (tertiary/aromatic N) is 6. The molecule has 3 aliphatic rings. The van der Waals surface area contributed by atoms with Crippen LogP contribution in [0, 0.1) is 5.82 Å². The van der Waals surface area contributed by atoms with Gasteiger partial charge in [-0.2, -0.15) is 8.78 Å². The summed E-state index contributed by atoms with van der Waals surface area (Å²) in [5.41, 5.74) is 1.07. The van der Waals surface area contributed by atoms with Crippen molar-refractivity contribution in [1.29, 1.82) is 0 Å². The molecule has 40 heavy (non-hydrogen) atoms. The number of halogens is 3. The van der Waals surface area contributed by atoms with Crippen LogP contribution in [-0.2, 0) is 4.79 Å². The van der Waals surface area contributed by atoms with E-state index in [1.807, 2.05) is 0 Å². The fraction of sp³-hybridized carbons (Fsp3) is 0.296. The lowest BCUT2D eigenvalue weighted by atomic mass is 9.97. The number of fused-ring (bicyclic) bond motifs is 9. The van der Waals surface area contributed by atoms with E-state index in [0.717, 1.165) is 4.90 Å². The number of carbonyl (C=O) groups excluding carboxylic acids is 2. The van der Waals surface area contributed by atoms with Crippen LogP contribution in [0.2, 0.25) is 0 Å². The number of carbonyl (C=O) groups is 2. The number of hydrogen-bond acceptors (Lipinski definition) is 7. The molecule has 0 aliphatic carbocycles. The molecule has 1 saturated heterocycles. The maximum atomic E-state index is 15.5. The van der Waals surface area contributed by atoms with Gasteiger partial charge >= 0.3 is 6.61 Å². The molecule has 2 bridgehead atoms. The minimum atomic E-state index is -3.19. The summed E-state index contributed by atoms with van der Waals surface area (Å²) in [5.74, 6) is -1.43. The van der Waals surface area contributed by atoms with Crippen LogP contribution in [0.1, 0.15) is 44.4 Å². The Morgan fingerprint density at radius 1 is 1.15 bits per heavy atom. The predicted molar refractivity (Wildman–Crippen MR) is 137 cm³/mol. The Bertz CT molecular complexity index is 1800. The van der Waals surface area contributed by atoms with Gasteiger partial charge in [0.05, 0.1) is 29.7 Å². The van der Waals surface area contributed by atoms with Crippen LogP contribution in [0.15, 0.2) is 42.7 Å². The first-order chi connectivity index (χ1) is 20.5. The predicted octanol–water partition coefficient (Wildman–Crippen LogP) is 3.29. The van der Waals surface area contributed by atoms with Crippen molar-refractivity contribution in [2.75, 3.05) is 31.5 Å². The topological polar surface area (TPSA) is 105 Å². The van der Waals surface area contributed by atoms with Crippen LogP contribution in [0.25, 0.3) is 22.2 Å². The van der Waals surface area contributed by atoms with Gasteiger partial charge in [-0.15, -0.1) is 0 Å². The highest BCUT2D eigenvalue weighted by molar-refractivity contribution is 5.98. The Morgan fingerprint density at radius 2 is 1.98 bits per heavy atom. The summed E-state index contributed by atoms with van der Waals surface area (Å²) in [4.78, 5) is 40.9. The average Bonchev–Trinajstić information content (AvgIpc) is 3.44. The second kappa shape index (κ2) is 8.93. The average molecular weight is 553 g/mol. The number of amides is 2. The molecule has 0 saturated carbocycles. The molecule has 0 spiro atoms. The summed E-state index contributed by atoms with van der Waals surface area (Å²) in [7, 11) is 0. The van der Waals surface area contributed by atoms with E-state index < -0.39 is 37.4 Å². The maximum Gasteiger partial charge on any atom is 0.387 e. The van der Waals surface area contributed by atoms with E-state index in [-0.39, 0.29) is 52.7 Å². The van der Waals surface area contributed by atoms with E-state index in [0.29, 0.717) is 30.1 Å². The fourth-order valence-electron chi connectivity index (χ4n) is 5.79. The van der Waals surface area contributed by atoms with Gasteiger partial charge in [-0.25, -0.2) is 19.3 Å². The molecule has 13 heteroatoms. The monoisotopic (exact) mass is 552 g/mol. The number of piperazine rings is 1. The first-order valence-corrected chi connectivity index (χ1v) is 12.5. The molecule has 2 amide bonds. The highest BCUT2D eigenvalue weighted by Crippen LogP contribution is 2.50. The van der Waals surface area contributed by atoms with E-state index in [9.17, 15) is 18.4 Å². The summed E-state index contributed by atoms with van der Waals surface area (Å²) in [6.45, 7) is -5.02. The summed E-state index contributed by atoms with van der Waals surface area (Å²) in [5, 5.41) is 2.72. The van der Waals surface area contributed by atoms with Crippen molar-refractivity contribution in [3.63, 3.8) is 0 Å². The quantitative estimate of drug-likeness (QED) is 0.414. The lowest BCUT2D eigenvalue weighted by Gasteiger charge is -2.26. The van der Waals surface area contributed by atoms with Gasteiger partial charge in [0.1, 0.15) is 17.4 Å². The zero-order valence-corrected chi connectivity index (χ0v) is 20.6. The van der Waals surface area contributed by atoms with Crippen molar-refractivity contribution in [2.24, 2.45) is 0 Å². The number of hydrogen-bond donors (Lipinski definition) is 1. The molecule has 0 radical (unpaired) electrons. The third-order valence-electron chi connectivity index (χ3n) is 7.51. The van der Waals surface area contributed by atoms with Crippen LogP contribution in [0.3, 0.4) is 0 Å². The van der Waals surface area contributed by atoms with Crippen LogP contribution in [0.5, 0.6) is 5.75 Å². The normalized spacial score (nSPS) is 21.4. The van der Waals surface area contributed by atoms with Crippen molar-refractivity contribution in [3.8, 4) is 16.9 Å². The van der Waals surface area contributed by atoms with Crippen molar-refractivity contribution < 1.29 is 31.6 Å². The van der Waals surface area contributed by atoms with Crippen LogP contribution in [-0.4, -0.2) is 69.5 Å². The summed E-state index contributed by atoms with van der Waals surface area (Å²) < 4.78 is 73.2. The van der Waals surface area contributed by atoms with Gasteiger partial charge < -0.3 is 24.4 Å². The Hall–Kier alpha value is -4.68. The molecular formula is C27H22F3N7O3. The highest BCUT2D eigenvalue weighted by atomic mass is 19.3. The van der Waals surface area contributed by atoms with Gasteiger partial charge in [-0.05, 0) is 18.2 Å². The summed E-state index contributed by atoms with van der Waals surface area (Å²) >= 11 is 0. The molecule has 204 valence electrons. The number of nitrogens with one attached hydrogen (secondary N) is 1. The second-order valence-corrected chi connectivity index (χ2v) is 9.74. The minimum absolute atomic E-state index is 0.0347. The standard InChI is InChI=1S/C27H22F3N7O3/c1-35-20-9-19(23-14(25(35)39)3-2-4-21(23)40-26(29)30)37-18-7-15(16(28)8-17(18)34-24(20)37)13-10-32-27(33-11-13)36-6-5-31-22(38)12-36/h2-4,7-8,10-11,19-20,26H,5-6,9,12H2,1H3,(H,31,38)/t19-,20-/m1/s1/i1D3. The molecule has 2 atom stereocenters. The van der Waals surface area contributed by atoms with Crippen LogP contribution >= 0.6 is 0 Å². The van der Waals surface area contributed by atoms with E-state index in [1.54, 1.807) is 9.47 Å². The Kier molecular flexibility index (Phi) is 4.73. The van der Waals surface area contributed by atoms with Gasteiger partial charge in [-0.3, -0.25) is 9.59 Å². The Morgan fingerprint density at radius 3 is 2.73 bits per heavy atom. The SMILES string of the molecule is [2H]C([2H])([2H])N1C(=O)c2cccc(OC(F)F)c2[C@H]2C[C@@H]1c1nc3cc(F)c(-c4cnc(N5CCNC(=O)C5)nc4)cc3n12.